The van der Waals surface area contributed by atoms with Gasteiger partial charge in [-0.1, -0.05) is 12.6 Å². The van der Waals surface area contributed by atoms with Gasteiger partial charge in [0.15, 0.2) is 0 Å². The van der Waals surface area contributed by atoms with E-state index in [9.17, 15) is 34.8 Å². The lowest BCUT2D eigenvalue weighted by atomic mass is 9.99. The van der Waals surface area contributed by atoms with E-state index >= 15 is 0 Å². The molecule has 4 nitrogen and oxygen atoms in total. The van der Waals surface area contributed by atoms with Crippen LogP contribution in [0.3, 0.4) is 0 Å². The first kappa shape index (κ1) is 20.8. The molecule has 2 aromatic rings. The summed E-state index contributed by atoms with van der Waals surface area (Å²) in [5, 5.41) is 2.60. The first-order chi connectivity index (χ1) is 13.3. The van der Waals surface area contributed by atoms with Gasteiger partial charge in [0.25, 0.3) is 10.0 Å². The number of rotatable bonds is 3. The molecule has 1 heterocycles. The maximum atomic E-state index is 13.3. The second-order valence-electron chi connectivity index (χ2n) is 6.10. The minimum Gasteiger partial charge on any atom is -0.355 e. The summed E-state index contributed by atoms with van der Waals surface area (Å²) < 4.78 is 105. The third kappa shape index (κ3) is 4.39. The van der Waals surface area contributed by atoms with Gasteiger partial charge in [-0.15, -0.1) is 0 Å². The molecular weight excluding hydrogens is 422 g/mol. The van der Waals surface area contributed by atoms with Crippen molar-refractivity contribution >= 4 is 27.0 Å². The molecule has 2 N–H and O–H groups in total. The van der Waals surface area contributed by atoms with E-state index in [1.54, 1.807) is 0 Å². The van der Waals surface area contributed by atoms with Gasteiger partial charge in [0.2, 0.25) is 0 Å². The molecule has 0 fully saturated rings. The van der Waals surface area contributed by atoms with Crippen LogP contribution in [0, 0.1) is 0 Å². The average Bonchev–Trinajstić information content (AvgIpc) is 2.59. The van der Waals surface area contributed by atoms with E-state index in [1.807, 2.05) is 4.72 Å². The van der Waals surface area contributed by atoms with E-state index in [2.05, 4.69) is 11.9 Å². The maximum absolute atomic E-state index is 13.3. The molecule has 1 aliphatic heterocycles. The highest BCUT2D eigenvalue weighted by molar-refractivity contribution is 7.92. The number of benzene rings is 2. The number of alkyl halides is 6. The number of anilines is 2. The lowest BCUT2D eigenvalue weighted by molar-refractivity contribution is -0.137. The summed E-state index contributed by atoms with van der Waals surface area (Å²) in [4.78, 5) is -0.543. The number of nitrogens with one attached hydrogen (secondary N) is 2. The van der Waals surface area contributed by atoms with Crippen molar-refractivity contribution in [2.75, 3.05) is 10.0 Å². The molecule has 11 heteroatoms. The highest BCUT2D eigenvalue weighted by atomic mass is 32.2. The summed E-state index contributed by atoms with van der Waals surface area (Å²) in [7, 11) is -4.45. The number of fused-ring (bicyclic) bond motifs is 1. The Kier molecular flexibility index (Phi) is 4.89. The van der Waals surface area contributed by atoms with E-state index in [4.69, 9.17) is 0 Å². The normalized spacial score (nSPS) is 14.7. The second-order valence-corrected chi connectivity index (χ2v) is 7.78. The van der Waals surface area contributed by atoms with Crippen molar-refractivity contribution in [1.29, 1.82) is 0 Å². The van der Waals surface area contributed by atoms with Gasteiger partial charge in [-0.05, 0) is 42.5 Å². The van der Waals surface area contributed by atoms with E-state index in [0.717, 1.165) is 42.5 Å². The fourth-order valence-corrected chi connectivity index (χ4v) is 3.77. The van der Waals surface area contributed by atoms with Crippen LogP contribution in [-0.4, -0.2) is 14.6 Å². The van der Waals surface area contributed by atoms with Crippen molar-refractivity contribution in [3.8, 4) is 0 Å². The Balaban J connectivity index is 2.00. The van der Waals surface area contributed by atoms with Crippen molar-refractivity contribution < 1.29 is 34.8 Å². The minimum absolute atomic E-state index is 0.00263. The van der Waals surface area contributed by atoms with Crippen molar-refractivity contribution in [3.05, 3.63) is 71.9 Å². The van der Waals surface area contributed by atoms with Gasteiger partial charge in [-0.25, -0.2) is 8.42 Å². The molecule has 154 valence electrons. The fourth-order valence-electron chi connectivity index (χ4n) is 2.69. The molecule has 0 aromatic heterocycles. The van der Waals surface area contributed by atoms with Gasteiger partial charge in [0.05, 0.1) is 16.0 Å². The van der Waals surface area contributed by atoms with Crippen LogP contribution in [0.25, 0.3) is 5.57 Å². The smallest absolute Gasteiger partial charge is 0.355 e. The summed E-state index contributed by atoms with van der Waals surface area (Å²) in [5.41, 5.74) is -2.99. The third-order valence-corrected chi connectivity index (χ3v) is 5.33. The van der Waals surface area contributed by atoms with Crippen molar-refractivity contribution in [2.24, 2.45) is 0 Å². The lowest BCUT2D eigenvalue weighted by Crippen LogP contribution is -2.19. The third-order valence-electron chi connectivity index (χ3n) is 3.95. The molecule has 0 saturated carbocycles. The van der Waals surface area contributed by atoms with Crippen LogP contribution in [-0.2, 0) is 16.2 Å². The van der Waals surface area contributed by atoms with Crippen molar-refractivity contribution in [3.63, 3.8) is 0 Å². The molecule has 0 aliphatic carbocycles. The Morgan fingerprint density at radius 3 is 2.24 bits per heavy atom. The van der Waals surface area contributed by atoms with Crippen LogP contribution in [0.15, 0.2) is 65.7 Å². The number of sulfonamides is 1. The predicted octanol–water partition coefficient (Wildman–Crippen LogP) is 5.39. The highest BCUT2D eigenvalue weighted by Gasteiger charge is 2.38. The van der Waals surface area contributed by atoms with Gasteiger partial charge in [-0.2, -0.15) is 26.3 Å². The molecule has 2 aromatic carbocycles. The Morgan fingerprint density at radius 2 is 1.62 bits per heavy atom. The molecule has 0 amide bonds. The molecule has 0 saturated heterocycles. The SMILES string of the molecule is C=C1C=C(C(F)(F)F)c2cc(S(=O)(=O)Nc3cccc(C(F)(F)F)c3)ccc2N1. The van der Waals surface area contributed by atoms with Crippen molar-refractivity contribution in [1.82, 2.24) is 0 Å². The molecular formula is C18H12F6N2O2S. The van der Waals surface area contributed by atoms with Gasteiger partial charge < -0.3 is 5.32 Å². The largest absolute Gasteiger partial charge is 0.417 e. The zero-order valence-corrected chi connectivity index (χ0v) is 15.1. The molecule has 0 atom stereocenters. The molecule has 3 rings (SSSR count). The first-order valence-corrected chi connectivity index (χ1v) is 9.35. The van der Waals surface area contributed by atoms with E-state index < -0.39 is 44.0 Å². The molecule has 29 heavy (non-hydrogen) atoms. The topological polar surface area (TPSA) is 58.2 Å². The highest BCUT2D eigenvalue weighted by Crippen LogP contribution is 2.42. The monoisotopic (exact) mass is 434 g/mol. The van der Waals surface area contributed by atoms with Crippen LogP contribution >= 0.6 is 0 Å². The number of hydrogen-bond acceptors (Lipinski definition) is 3. The number of allylic oxidation sites excluding steroid dienone is 2. The molecule has 0 spiro atoms. The van der Waals surface area contributed by atoms with Crippen LogP contribution in [0.1, 0.15) is 11.1 Å². The quantitative estimate of drug-likeness (QED) is 0.637. The van der Waals surface area contributed by atoms with Gasteiger partial charge in [0.1, 0.15) is 0 Å². The van der Waals surface area contributed by atoms with E-state index in [0.29, 0.717) is 6.07 Å². The standard InChI is InChI=1S/C18H12F6N2O2S/c1-10-7-15(18(22,23)24)14-9-13(5-6-16(14)25-10)29(27,28)26-12-4-2-3-11(8-12)17(19,20)21/h2-9,25-26H,1H2. The molecule has 0 unspecified atom stereocenters. The number of hydrogen-bond donors (Lipinski definition) is 2. The van der Waals surface area contributed by atoms with E-state index in [1.165, 1.54) is 0 Å². The molecule has 0 radical (unpaired) electrons. The van der Waals surface area contributed by atoms with E-state index in [-0.39, 0.29) is 17.1 Å². The maximum Gasteiger partial charge on any atom is 0.417 e. The van der Waals surface area contributed by atoms with Crippen LogP contribution in [0.2, 0.25) is 0 Å². The molecule has 1 aliphatic rings. The van der Waals surface area contributed by atoms with Gasteiger partial charge >= 0.3 is 12.4 Å². The second kappa shape index (κ2) is 6.83. The molecule has 0 bridgehead atoms. The lowest BCUT2D eigenvalue weighted by Gasteiger charge is -2.23. The van der Waals surface area contributed by atoms with Crippen LogP contribution in [0.5, 0.6) is 0 Å². The summed E-state index contributed by atoms with van der Waals surface area (Å²) in [5.74, 6) is 0. The zero-order valence-electron chi connectivity index (χ0n) is 14.3. The Hall–Kier alpha value is -2.95. The summed E-state index contributed by atoms with van der Waals surface area (Å²) >= 11 is 0. The Bertz CT molecular complexity index is 1120. The van der Waals surface area contributed by atoms with Crippen LogP contribution in [0.4, 0.5) is 37.7 Å². The summed E-state index contributed by atoms with van der Waals surface area (Å²) in [6.07, 6.45) is -8.72. The fraction of sp³-hybridized carbons (Fsp3) is 0.111. The number of halogens is 6. The summed E-state index contributed by atoms with van der Waals surface area (Å²) in [6.45, 7) is 3.42. The summed E-state index contributed by atoms with van der Waals surface area (Å²) in [6, 6.07) is 6.40. The Labute approximate surface area is 161 Å². The first-order valence-electron chi connectivity index (χ1n) is 7.87. The minimum atomic E-state index is -4.77. The van der Waals surface area contributed by atoms with Crippen LogP contribution < -0.4 is 10.0 Å². The van der Waals surface area contributed by atoms with Gasteiger partial charge in [-0.3, -0.25) is 4.72 Å². The Morgan fingerprint density at radius 1 is 0.931 bits per heavy atom. The average molecular weight is 434 g/mol. The van der Waals surface area contributed by atoms with Crippen molar-refractivity contribution in [2.45, 2.75) is 17.2 Å². The van der Waals surface area contributed by atoms with Gasteiger partial charge in [0, 0.05) is 22.6 Å². The predicted molar refractivity (Wildman–Crippen MR) is 95.5 cm³/mol. The zero-order chi connectivity index (χ0) is 21.6.